The fourth-order valence-electron chi connectivity index (χ4n) is 2.71. The molecule has 2 heterocycles. The van der Waals surface area contributed by atoms with Gasteiger partial charge in [-0.3, -0.25) is 9.59 Å². The van der Waals surface area contributed by atoms with Crippen molar-refractivity contribution in [2.75, 3.05) is 20.8 Å². The van der Waals surface area contributed by atoms with Crippen LogP contribution in [0.3, 0.4) is 0 Å². The summed E-state index contributed by atoms with van der Waals surface area (Å²) in [5.74, 6) is 0.220. The summed E-state index contributed by atoms with van der Waals surface area (Å²) in [6.07, 6.45) is 6.92. The molecule has 0 bridgehead atoms. The minimum Gasteiger partial charge on any atom is -0.400 e. The first-order chi connectivity index (χ1) is 15.9. The summed E-state index contributed by atoms with van der Waals surface area (Å²) in [5, 5.41) is 16.0. The Labute approximate surface area is 197 Å². The highest BCUT2D eigenvalue weighted by molar-refractivity contribution is 5.99. The second-order valence-corrected chi connectivity index (χ2v) is 6.83. The number of urea groups is 1. The normalized spacial score (nSPS) is 22.4. The van der Waals surface area contributed by atoms with Gasteiger partial charge in [0, 0.05) is 30.7 Å². The predicted octanol–water partition coefficient (Wildman–Crippen LogP) is 3.30. The number of rotatable bonds is 4. The zero-order valence-electron chi connectivity index (χ0n) is 20.6. The first-order valence-corrected chi connectivity index (χ1v) is 11.0. The number of ether oxygens (including phenoxy) is 1. The first kappa shape index (κ1) is 32.5. The lowest BCUT2D eigenvalue weighted by Gasteiger charge is -2.32. The Balaban J connectivity index is 0. The van der Waals surface area contributed by atoms with Gasteiger partial charge in [-0.2, -0.15) is 4.48 Å². The summed E-state index contributed by atoms with van der Waals surface area (Å²) < 4.78 is 5.57. The third-order valence-corrected chi connectivity index (χ3v) is 4.33. The third-order valence-electron chi connectivity index (χ3n) is 4.33. The Morgan fingerprint density at radius 3 is 1.97 bits per heavy atom. The van der Waals surface area contributed by atoms with Gasteiger partial charge in [0.05, 0.1) is 19.8 Å². The van der Waals surface area contributed by atoms with Crippen LogP contribution in [0.25, 0.3) is 0 Å². The third kappa shape index (κ3) is 10.6. The van der Waals surface area contributed by atoms with Crippen molar-refractivity contribution in [3.8, 4) is 0 Å². The number of aliphatic imine (C=N–C) groups is 1. The average Bonchev–Trinajstić information content (AvgIpc) is 3.35. The lowest BCUT2D eigenvalue weighted by molar-refractivity contribution is -0.830. The zero-order valence-corrected chi connectivity index (χ0v) is 20.6. The average molecular weight is 467 g/mol. The number of hydrogen-bond donors (Lipinski definition) is 3. The molecule has 9 nitrogen and oxygen atoms in total. The van der Waals surface area contributed by atoms with Crippen molar-refractivity contribution in [1.29, 1.82) is 0 Å². The molecule has 3 rings (SSSR count). The number of hydrogen-bond acceptors (Lipinski definition) is 7. The molecule has 2 aliphatic heterocycles. The molecule has 1 fully saturated rings. The van der Waals surface area contributed by atoms with Crippen molar-refractivity contribution in [1.82, 2.24) is 0 Å². The second-order valence-electron chi connectivity index (χ2n) is 6.83. The van der Waals surface area contributed by atoms with Crippen molar-refractivity contribution < 1.29 is 33.8 Å². The van der Waals surface area contributed by atoms with Crippen LogP contribution in [0.4, 0.5) is 4.79 Å². The van der Waals surface area contributed by atoms with Crippen LogP contribution in [-0.4, -0.2) is 72.2 Å². The predicted molar refractivity (Wildman–Crippen MR) is 130 cm³/mol. The number of amidine groups is 1. The molecule has 0 radical (unpaired) electrons. The van der Waals surface area contributed by atoms with Crippen LogP contribution in [0.2, 0.25) is 0 Å². The maximum absolute atomic E-state index is 11.8. The monoisotopic (exact) mass is 466 g/mol. The molecule has 33 heavy (non-hydrogen) atoms. The summed E-state index contributed by atoms with van der Waals surface area (Å²) in [6, 6.07) is 6.32. The number of aliphatic hydroxyl groups excluding tert-OH is 2. The Morgan fingerprint density at radius 2 is 1.61 bits per heavy atom. The molecule has 0 aliphatic carbocycles. The van der Waals surface area contributed by atoms with E-state index in [0.29, 0.717) is 23.7 Å². The molecule has 1 aromatic rings. The molecule has 3 unspecified atom stereocenters. The molecule has 3 atom stereocenters. The van der Waals surface area contributed by atoms with E-state index < -0.39 is 0 Å². The minimum atomic E-state index is -0.330. The highest BCUT2D eigenvalue weighted by Gasteiger charge is 2.45. The molecule has 1 aromatic carbocycles. The minimum absolute atomic E-state index is 0.0141. The maximum atomic E-state index is 11.8. The highest BCUT2D eigenvalue weighted by atomic mass is 16.5. The Kier molecular flexibility index (Phi) is 18.5. The molecule has 1 saturated heterocycles. The van der Waals surface area contributed by atoms with Crippen LogP contribution in [0.5, 0.6) is 0 Å². The number of quaternary nitrogens is 1. The Morgan fingerprint density at radius 1 is 1.12 bits per heavy atom. The van der Waals surface area contributed by atoms with Gasteiger partial charge in [0.25, 0.3) is 0 Å². The van der Waals surface area contributed by atoms with Gasteiger partial charge < -0.3 is 20.7 Å². The highest BCUT2D eigenvalue weighted by Crippen LogP contribution is 2.29. The van der Waals surface area contributed by atoms with Gasteiger partial charge >= 0.3 is 6.03 Å². The molecule has 9 heteroatoms. The van der Waals surface area contributed by atoms with Gasteiger partial charge in [0.15, 0.2) is 12.6 Å². The lowest BCUT2D eigenvalue weighted by atomic mass is 10.1. The van der Waals surface area contributed by atoms with E-state index in [9.17, 15) is 14.4 Å². The molecule has 0 saturated carbocycles. The van der Waals surface area contributed by atoms with Gasteiger partial charge in [-0.15, -0.1) is 4.99 Å². The summed E-state index contributed by atoms with van der Waals surface area (Å²) in [7, 11) is 2.74. The number of nitrogens with two attached hydrogens (primary N) is 1. The summed E-state index contributed by atoms with van der Waals surface area (Å²) in [5.41, 5.74) is 6.33. The molecular weight excluding hydrogens is 426 g/mol. The Hall–Kier alpha value is -2.72. The van der Waals surface area contributed by atoms with Crippen molar-refractivity contribution in [2.45, 2.75) is 59.3 Å². The number of nitrogens with zero attached hydrogens (tertiary/aromatic N) is 2. The fraction of sp³-hybridized carbons (Fsp3) is 0.500. The molecule has 4 N–H and O–H groups in total. The van der Waals surface area contributed by atoms with Crippen molar-refractivity contribution in [3.05, 3.63) is 47.7 Å². The van der Waals surface area contributed by atoms with E-state index in [-0.39, 0.29) is 35.3 Å². The molecular formula is C24H40N3O6+. The summed E-state index contributed by atoms with van der Waals surface area (Å²) in [4.78, 5) is 36.0. The molecule has 0 aromatic heterocycles. The van der Waals surface area contributed by atoms with E-state index in [0.717, 1.165) is 20.0 Å². The molecule has 0 spiro atoms. The van der Waals surface area contributed by atoms with Gasteiger partial charge in [0.1, 0.15) is 12.0 Å². The Bertz CT molecular complexity index is 739. The molecule has 2 amide bonds. The molecule has 186 valence electrons. The summed E-state index contributed by atoms with van der Waals surface area (Å²) >= 11 is 0. The topological polar surface area (TPSA) is 139 Å². The van der Waals surface area contributed by atoms with Crippen LogP contribution >= 0.6 is 0 Å². The largest absolute Gasteiger partial charge is 0.451 e. The van der Waals surface area contributed by atoms with E-state index in [1.54, 1.807) is 43.6 Å². The van der Waals surface area contributed by atoms with E-state index >= 15 is 0 Å². The van der Waals surface area contributed by atoms with Crippen molar-refractivity contribution >= 4 is 24.4 Å². The fourth-order valence-corrected chi connectivity index (χ4v) is 2.71. The van der Waals surface area contributed by atoms with E-state index in [4.69, 9.17) is 20.7 Å². The zero-order chi connectivity index (χ0) is 25.9. The number of carbonyl (C=O) groups excluding carboxylic acids is 3. The van der Waals surface area contributed by atoms with Crippen LogP contribution in [0, 0.1) is 0 Å². The number of benzene rings is 1. The van der Waals surface area contributed by atoms with Crippen molar-refractivity contribution in [3.63, 3.8) is 0 Å². The molecule has 2 aliphatic rings. The van der Waals surface area contributed by atoms with Gasteiger partial charge in [-0.05, 0) is 6.42 Å². The SMILES string of the molecule is CC.CCC.CO.C[N+]1(C2CCC(CO)O2)C=CC(N)=NC1=O.O=Cc1ccccc1C=O. The van der Waals surface area contributed by atoms with E-state index in [1.165, 1.54) is 6.42 Å². The van der Waals surface area contributed by atoms with Crippen LogP contribution in [-0.2, 0) is 4.74 Å². The number of amides is 2. The van der Waals surface area contributed by atoms with Crippen LogP contribution in [0.1, 0.15) is 67.7 Å². The van der Waals surface area contributed by atoms with E-state index in [2.05, 4.69) is 18.8 Å². The van der Waals surface area contributed by atoms with E-state index in [1.807, 2.05) is 13.8 Å². The van der Waals surface area contributed by atoms with Crippen molar-refractivity contribution in [2.24, 2.45) is 10.7 Å². The van der Waals surface area contributed by atoms with Gasteiger partial charge in [-0.1, -0.05) is 58.4 Å². The number of aldehydes is 2. The smallest absolute Gasteiger partial charge is 0.400 e. The van der Waals surface area contributed by atoms with Crippen LogP contribution < -0.4 is 5.73 Å². The van der Waals surface area contributed by atoms with Gasteiger partial charge in [-0.25, -0.2) is 4.79 Å². The van der Waals surface area contributed by atoms with Crippen LogP contribution in [0.15, 0.2) is 41.5 Å². The maximum Gasteiger partial charge on any atom is 0.451 e. The lowest BCUT2D eigenvalue weighted by Crippen LogP contribution is -2.53. The first-order valence-electron chi connectivity index (χ1n) is 11.0. The van der Waals surface area contributed by atoms with Gasteiger partial charge in [0.2, 0.25) is 6.23 Å². The standard InChI is InChI=1S/C10H15N3O3.C8H6O2.C3H8.C2H6.CH4O/c1-13(5-4-8(11)12-10(13)15)9-3-2-7(6-14)16-9;9-5-7-3-1-2-4-8(7)6-10;1-3-2;2*1-2/h4-5,7,9,14H,2-3,6H2,1H3,(H-,11,12,15);1-6H;3H2,1-2H3;1-2H3;2H,1H3/p+1. The number of aliphatic hydroxyl groups is 2. The quantitative estimate of drug-likeness (QED) is 0.457. The summed E-state index contributed by atoms with van der Waals surface area (Å²) in [6.45, 7) is 8.24. The number of carbonyl (C=O) groups is 3. The second kappa shape index (κ2) is 18.8.